The number of thioether (sulfide) groups is 1. The molecule has 0 radical (unpaired) electrons. The number of carbonyl (C=O) groups is 1. The predicted octanol–water partition coefficient (Wildman–Crippen LogP) is 2.78. The lowest BCUT2D eigenvalue weighted by atomic mass is 10.2. The number of carbonyl (C=O) groups excluding carboxylic acids is 1. The smallest absolute Gasteiger partial charge is 0.233 e. The van der Waals surface area contributed by atoms with Crippen LogP contribution in [0.2, 0.25) is 5.02 Å². The molecular weight excluding hydrogens is 334 g/mol. The molecule has 23 heavy (non-hydrogen) atoms. The number of amides is 1. The zero-order valence-electron chi connectivity index (χ0n) is 13.4. The minimum Gasteiger partial charge on any atom is -0.351 e. The van der Waals surface area contributed by atoms with Gasteiger partial charge in [-0.2, -0.15) is 0 Å². The second kappa shape index (κ2) is 8.31. The van der Waals surface area contributed by atoms with Crippen molar-refractivity contribution < 1.29 is 4.79 Å². The molecule has 1 atom stereocenters. The molecule has 0 saturated heterocycles. The van der Waals surface area contributed by atoms with Crippen molar-refractivity contribution in [2.45, 2.75) is 44.3 Å². The van der Waals surface area contributed by atoms with E-state index in [0.29, 0.717) is 22.6 Å². The van der Waals surface area contributed by atoms with E-state index >= 15 is 0 Å². The topological polar surface area (TPSA) is 72.7 Å². The molecule has 0 spiro atoms. The second-order valence-corrected chi connectivity index (χ2v) is 7.32. The van der Waals surface area contributed by atoms with Crippen LogP contribution in [-0.4, -0.2) is 31.4 Å². The lowest BCUT2D eigenvalue weighted by Gasteiger charge is -2.13. The van der Waals surface area contributed by atoms with Gasteiger partial charge in [0.2, 0.25) is 11.1 Å². The van der Waals surface area contributed by atoms with Gasteiger partial charge in [-0.15, -0.1) is 5.10 Å². The van der Waals surface area contributed by atoms with Gasteiger partial charge in [0, 0.05) is 18.1 Å². The lowest BCUT2D eigenvalue weighted by Crippen LogP contribution is -2.30. The summed E-state index contributed by atoms with van der Waals surface area (Å²) in [5, 5.41) is 15.5. The Morgan fingerprint density at radius 2 is 2.09 bits per heavy atom. The molecule has 0 saturated carbocycles. The highest BCUT2D eigenvalue weighted by molar-refractivity contribution is 8.00. The van der Waals surface area contributed by atoms with E-state index in [1.54, 1.807) is 10.7 Å². The molecule has 8 heteroatoms. The van der Waals surface area contributed by atoms with Crippen molar-refractivity contribution in [3.8, 4) is 0 Å². The van der Waals surface area contributed by atoms with Crippen LogP contribution in [-0.2, 0) is 17.9 Å². The van der Waals surface area contributed by atoms with Gasteiger partial charge in [0.15, 0.2) is 0 Å². The standard InChI is InChI=1S/C15H20ClN5OS/c1-10(2)9-21-15(18-19-20-21)23-11(3)14(22)17-8-12-6-4-5-7-13(12)16/h4-7,10-11H,8-9H2,1-3H3,(H,17,22). The fraction of sp³-hybridized carbons (Fsp3) is 0.467. The first kappa shape index (κ1) is 17.7. The lowest BCUT2D eigenvalue weighted by molar-refractivity contribution is -0.120. The van der Waals surface area contributed by atoms with Crippen LogP contribution in [0.25, 0.3) is 0 Å². The average molecular weight is 354 g/mol. The van der Waals surface area contributed by atoms with E-state index in [-0.39, 0.29) is 11.2 Å². The number of hydrogen-bond acceptors (Lipinski definition) is 5. The summed E-state index contributed by atoms with van der Waals surface area (Å²) < 4.78 is 1.73. The zero-order valence-corrected chi connectivity index (χ0v) is 14.9. The molecule has 2 aromatic rings. The van der Waals surface area contributed by atoms with Crippen LogP contribution in [0.15, 0.2) is 29.4 Å². The van der Waals surface area contributed by atoms with Crippen molar-refractivity contribution in [3.63, 3.8) is 0 Å². The first-order chi connectivity index (χ1) is 11.0. The maximum atomic E-state index is 12.2. The number of rotatable bonds is 7. The van der Waals surface area contributed by atoms with E-state index in [2.05, 4.69) is 34.7 Å². The summed E-state index contributed by atoms with van der Waals surface area (Å²) in [4.78, 5) is 12.2. The van der Waals surface area contributed by atoms with Crippen molar-refractivity contribution in [2.75, 3.05) is 0 Å². The Bertz CT molecular complexity index is 661. The van der Waals surface area contributed by atoms with Gasteiger partial charge in [0.05, 0.1) is 5.25 Å². The monoisotopic (exact) mass is 353 g/mol. The zero-order chi connectivity index (χ0) is 16.8. The minimum atomic E-state index is -0.297. The van der Waals surface area contributed by atoms with Crippen molar-refractivity contribution in [2.24, 2.45) is 5.92 Å². The molecule has 1 aromatic carbocycles. The molecule has 1 N–H and O–H groups in total. The average Bonchev–Trinajstić information content (AvgIpc) is 2.92. The van der Waals surface area contributed by atoms with Gasteiger partial charge in [-0.05, 0) is 34.9 Å². The summed E-state index contributed by atoms with van der Waals surface area (Å²) in [7, 11) is 0. The molecular formula is C15H20ClN5OS. The molecule has 2 rings (SSSR count). The molecule has 1 unspecified atom stereocenters. The van der Waals surface area contributed by atoms with Crippen LogP contribution in [0.3, 0.4) is 0 Å². The highest BCUT2D eigenvalue weighted by Gasteiger charge is 2.18. The Morgan fingerprint density at radius 1 is 1.35 bits per heavy atom. The molecule has 1 aromatic heterocycles. The number of tetrazole rings is 1. The van der Waals surface area contributed by atoms with Crippen molar-refractivity contribution in [1.82, 2.24) is 25.5 Å². The molecule has 1 heterocycles. The number of nitrogens with one attached hydrogen (secondary N) is 1. The fourth-order valence-corrected chi connectivity index (χ4v) is 2.95. The third-order valence-electron chi connectivity index (χ3n) is 3.10. The Hall–Kier alpha value is -1.60. The number of hydrogen-bond donors (Lipinski definition) is 1. The second-order valence-electron chi connectivity index (χ2n) is 5.61. The number of nitrogens with zero attached hydrogens (tertiary/aromatic N) is 4. The molecule has 0 fully saturated rings. The van der Waals surface area contributed by atoms with Crippen molar-refractivity contribution in [3.05, 3.63) is 34.9 Å². The Labute approximate surface area is 145 Å². The van der Waals surface area contributed by atoms with Gasteiger partial charge in [-0.25, -0.2) is 4.68 Å². The number of halogens is 1. The third-order valence-corrected chi connectivity index (χ3v) is 4.54. The van der Waals surface area contributed by atoms with Crippen LogP contribution < -0.4 is 5.32 Å². The molecule has 0 aliphatic heterocycles. The Balaban J connectivity index is 1.90. The van der Waals surface area contributed by atoms with Crippen molar-refractivity contribution in [1.29, 1.82) is 0 Å². The molecule has 0 bridgehead atoms. The summed E-state index contributed by atoms with van der Waals surface area (Å²) in [5.41, 5.74) is 0.893. The summed E-state index contributed by atoms with van der Waals surface area (Å²) in [6, 6.07) is 7.46. The van der Waals surface area contributed by atoms with E-state index in [0.717, 1.165) is 12.1 Å². The SMILES string of the molecule is CC(C)Cn1nnnc1SC(C)C(=O)NCc1ccccc1Cl. The summed E-state index contributed by atoms with van der Waals surface area (Å²) in [5.74, 6) is 0.358. The van der Waals surface area contributed by atoms with Gasteiger partial charge in [0.1, 0.15) is 0 Å². The fourth-order valence-electron chi connectivity index (χ4n) is 1.92. The summed E-state index contributed by atoms with van der Waals surface area (Å²) >= 11 is 7.43. The largest absolute Gasteiger partial charge is 0.351 e. The van der Waals surface area contributed by atoms with Crippen LogP contribution in [0.4, 0.5) is 0 Å². The maximum Gasteiger partial charge on any atom is 0.233 e. The van der Waals surface area contributed by atoms with Gasteiger partial charge in [-0.1, -0.05) is 55.4 Å². The van der Waals surface area contributed by atoms with Crippen LogP contribution in [0.1, 0.15) is 26.3 Å². The third kappa shape index (κ3) is 5.21. The predicted molar refractivity (Wildman–Crippen MR) is 91.3 cm³/mol. The van der Waals surface area contributed by atoms with Gasteiger partial charge < -0.3 is 5.32 Å². The molecule has 6 nitrogen and oxygen atoms in total. The minimum absolute atomic E-state index is 0.0750. The highest BCUT2D eigenvalue weighted by Crippen LogP contribution is 2.21. The Kier molecular flexibility index (Phi) is 6.41. The maximum absolute atomic E-state index is 12.2. The van der Waals surface area contributed by atoms with Gasteiger partial charge in [-0.3, -0.25) is 4.79 Å². The first-order valence-electron chi connectivity index (χ1n) is 7.41. The van der Waals surface area contributed by atoms with E-state index in [1.807, 2.05) is 25.1 Å². The molecule has 0 aliphatic carbocycles. The summed E-state index contributed by atoms with van der Waals surface area (Å²) in [6.07, 6.45) is 0. The van der Waals surface area contributed by atoms with E-state index in [1.165, 1.54) is 11.8 Å². The van der Waals surface area contributed by atoms with Crippen LogP contribution >= 0.6 is 23.4 Å². The number of benzene rings is 1. The van der Waals surface area contributed by atoms with E-state index < -0.39 is 0 Å². The van der Waals surface area contributed by atoms with E-state index in [9.17, 15) is 4.79 Å². The van der Waals surface area contributed by atoms with Crippen LogP contribution in [0, 0.1) is 5.92 Å². The van der Waals surface area contributed by atoms with E-state index in [4.69, 9.17) is 11.6 Å². The van der Waals surface area contributed by atoms with Crippen molar-refractivity contribution >= 4 is 29.3 Å². The summed E-state index contributed by atoms with van der Waals surface area (Å²) in [6.45, 7) is 7.15. The quantitative estimate of drug-likeness (QED) is 0.775. The van der Waals surface area contributed by atoms with Crippen LogP contribution in [0.5, 0.6) is 0 Å². The molecule has 0 aliphatic rings. The normalized spacial score (nSPS) is 12.4. The number of aromatic nitrogens is 4. The Morgan fingerprint density at radius 3 is 2.78 bits per heavy atom. The molecule has 124 valence electrons. The first-order valence-corrected chi connectivity index (χ1v) is 8.67. The van der Waals surface area contributed by atoms with Gasteiger partial charge in [0.25, 0.3) is 0 Å². The molecule has 1 amide bonds. The highest BCUT2D eigenvalue weighted by atomic mass is 35.5. The van der Waals surface area contributed by atoms with Gasteiger partial charge >= 0.3 is 0 Å².